The summed E-state index contributed by atoms with van der Waals surface area (Å²) in [6.07, 6.45) is 2.27. The Labute approximate surface area is 142 Å². The number of piperidine rings is 1. The van der Waals surface area contributed by atoms with Gasteiger partial charge in [-0.3, -0.25) is 9.69 Å². The van der Waals surface area contributed by atoms with Crippen LogP contribution in [0.5, 0.6) is 0 Å². The van der Waals surface area contributed by atoms with Gasteiger partial charge in [0.1, 0.15) is 5.00 Å². The van der Waals surface area contributed by atoms with Crippen LogP contribution < -0.4 is 5.32 Å². The predicted molar refractivity (Wildman–Crippen MR) is 93.2 cm³/mol. The number of thiophene rings is 1. The van der Waals surface area contributed by atoms with Crippen LogP contribution in [0.3, 0.4) is 0 Å². The number of nitrogens with one attached hydrogen (secondary N) is 1. The Balaban J connectivity index is 2.03. The summed E-state index contributed by atoms with van der Waals surface area (Å²) in [5.41, 5.74) is 1.38. The fraction of sp³-hybridized carbons (Fsp3) is 0.647. The first-order valence-electron chi connectivity index (χ1n) is 8.21. The van der Waals surface area contributed by atoms with Gasteiger partial charge in [-0.15, -0.1) is 11.3 Å². The highest BCUT2D eigenvalue weighted by atomic mass is 32.1. The lowest BCUT2D eigenvalue weighted by Gasteiger charge is -2.29. The van der Waals surface area contributed by atoms with Crippen LogP contribution in [-0.2, 0) is 9.53 Å². The molecule has 23 heavy (non-hydrogen) atoms. The minimum absolute atomic E-state index is 0.0636. The summed E-state index contributed by atoms with van der Waals surface area (Å²) in [5, 5.41) is 3.51. The molecule has 0 bridgehead atoms. The lowest BCUT2D eigenvalue weighted by Crippen LogP contribution is -2.38. The van der Waals surface area contributed by atoms with E-state index in [-0.39, 0.29) is 11.9 Å². The van der Waals surface area contributed by atoms with E-state index in [1.165, 1.54) is 11.3 Å². The van der Waals surface area contributed by atoms with Crippen LogP contribution in [0.1, 0.15) is 47.5 Å². The van der Waals surface area contributed by atoms with Crippen molar-refractivity contribution in [2.75, 3.05) is 31.6 Å². The minimum Gasteiger partial charge on any atom is -0.462 e. The highest BCUT2D eigenvalue weighted by Crippen LogP contribution is 2.33. The highest BCUT2D eigenvalue weighted by molar-refractivity contribution is 7.16. The predicted octanol–water partition coefficient (Wildman–Crippen LogP) is 3.21. The summed E-state index contributed by atoms with van der Waals surface area (Å²) in [7, 11) is 0. The Kier molecular flexibility index (Phi) is 6.18. The fourth-order valence-corrected chi connectivity index (χ4v) is 3.82. The van der Waals surface area contributed by atoms with Gasteiger partial charge in [-0.05, 0) is 58.2 Å². The lowest BCUT2D eigenvalue weighted by molar-refractivity contribution is -0.117. The molecule has 0 unspecified atom stereocenters. The summed E-state index contributed by atoms with van der Waals surface area (Å²) in [6.45, 7) is 10.5. The van der Waals surface area contributed by atoms with Crippen molar-refractivity contribution in [1.82, 2.24) is 4.90 Å². The third-order valence-corrected chi connectivity index (χ3v) is 5.48. The van der Waals surface area contributed by atoms with E-state index in [2.05, 4.69) is 17.1 Å². The molecule has 0 aromatic carbocycles. The van der Waals surface area contributed by atoms with E-state index in [0.717, 1.165) is 42.3 Å². The fourth-order valence-electron chi connectivity index (χ4n) is 2.75. The first kappa shape index (κ1) is 17.9. The van der Waals surface area contributed by atoms with Gasteiger partial charge in [-0.1, -0.05) is 6.92 Å². The molecule has 1 amide bonds. The molecule has 2 rings (SSSR count). The second-order valence-electron chi connectivity index (χ2n) is 6.21. The molecule has 0 spiro atoms. The zero-order chi connectivity index (χ0) is 17.0. The molecule has 1 aliphatic rings. The van der Waals surface area contributed by atoms with Gasteiger partial charge in [-0.2, -0.15) is 0 Å². The molecule has 1 aromatic rings. The van der Waals surface area contributed by atoms with Crippen molar-refractivity contribution in [2.24, 2.45) is 5.92 Å². The van der Waals surface area contributed by atoms with E-state index in [9.17, 15) is 9.59 Å². The molecule has 6 heteroatoms. The van der Waals surface area contributed by atoms with Gasteiger partial charge >= 0.3 is 5.97 Å². The smallest absolute Gasteiger partial charge is 0.341 e. The maximum Gasteiger partial charge on any atom is 0.341 e. The summed E-state index contributed by atoms with van der Waals surface area (Å²) in [4.78, 5) is 27.6. The second kappa shape index (κ2) is 7.93. The summed E-state index contributed by atoms with van der Waals surface area (Å²) in [5.74, 6) is 0.315. The van der Waals surface area contributed by atoms with E-state index in [1.807, 2.05) is 13.8 Å². The zero-order valence-corrected chi connectivity index (χ0v) is 15.2. The molecule has 5 nitrogen and oxygen atoms in total. The Morgan fingerprint density at radius 1 is 1.30 bits per heavy atom. The van der Waals surface area contributed by atoms with Crippen molar-refractivity contribution in [1.29, 1.82) is 0 Å². The van der Waals surface area contributed by atoms with Crippen LogP contribution in [0, 0.1) is 19.8 Å². The van der Waals surface area contributed by atoms with Crippen molar-refractivity contribution >= 4 is 28.2 Å². The number of esters is 1. The van der Waals surface area contributed by atoms with Crippen LogP contribution in [-0.4, -0.2) is 43.0 Å². The number of amides is 1. The lowest BCUT2D eigenvalue weighted by atomic mass is 9.99. The third-order valence-electron chi connectivity index (χ3n) is 4.36. The van der Waals surface area contributed by atoms with Crippen molar-refractivity contribution < 1.29 is 14.3 Å². The SMILES string of the molecule is CCOC(=O)c1c(NC(=O)CN2CCC(C)CC2)sc(C)c1C. The van der Waals surface area contributed by atoms with Gasteiger partial charge in [0.2, 0.25) is 5.91 Å². The molecule has 0 saturated carbocycles. The number of likely N-dealkylation sites (tertiary alicyclic amines) is 1. The van der Waals surface area contributed by atoms with Crippen molar-refractivity contribution in [3.05, 3.63) is 16.0 Å². The molecule has 1 fully saturated rings. The van der Waals surface area contributed by atoms with Gasteiger partial charge in [-0.25, -0.2) is 4.79 Å². The molecular weight excluding hydrogens is 312 g/mol. The number of ether oxygens (including phenoxy) is 1. The number of carbonyl (C=O) groups is 2. The van der Waals surface area contributed by atoms with Crippen molar-refractivity contribution in [2.45, 2.75) is 40.5 Å². The zero-order valence-electron chi connectivity index (χ0n) is 14.4. The number of carbonyl (C=O) groups excluding carboxylic acids is 2. The summed E-state index contributed by atoms with van der Waals surface area (Å²) >= 11 is 1.43. The van der Waals surface area contributed by atoms with Crippen LogP contribution in [0.15, 0.2) is 0 Å². The Hall–Kier alpha value is -1.40. The Morgan fingerprint density at radius 2 is 1.96 bits per heavy atom. The molecule has 1 N–H and O–H groups in total. The summed E-state index contributed by atoms with van der Waals surface area (Å²) in [6, 6.07) is 0. The van der Waals surface area contributed by atoms with Crippen molar-refractivity contribution in [3.8, 4) is 0 Å². The van der Waals surface area contributed by atoms with E-state index in [1.54, 1.807) is 6.92 Å². The minimum atomic E-state index is -0.364. The number of anilines is 1. The van der Waals surface area contributed by atoms with Gasteiger partial charge < -0.3 is 10.1 Å². The van der Waals surface area contributed by atoms with Gasteiger partial charge in [0.15, 0.2) is 0 Å². The molecule has 128 valence electrons. The van der Waals surface area contributed by atoms with Gasteiger partial charge in [0.25, 0.3) is 0 Å². The largest absolute Gasteiger partial charge is 0.462 e. The highest BCUT2D eigenvalue weighted by Gasteiger charge is 2.23. The monoisotopic (exact) mass is 338 g/mol. The van der Waals surface area contributed by atoms with E-state index < -0.39 is 0 Å². The average molecular weight is 338 g/mol. The van der Waals surface area contributed by atoms with E-state index in [4.69, 9.17) is 4.74 Å². The molecule has 2 heterocycles. The van der Waals surface area contributed by atoms with E-state index >= 15 is 0 Å². The van der Waals surface area contributed by atoms with Crippen LogP contribution in [0.25, 0.3) is 0 Å². The molecule has 0 radical (unpaired) electrons. The molecule has 1 aliphatic heterocycles. The Morgan fingerprint density at radius 3 is 2.57 bits per heavy atom. The Bertz CT molecular complexity index is 575. The second-order valence-corrected chi connectivity index (χ2v) is 7.44. The number of hydrogen-bond donors (Lipinski definition) is 1. The van der Waals surface area contributed by atoms with Gasteiger partial charge in [0, 0.05) is 4.88 Å². The first-order valence-corrected chi connectivity index (χ1v) is 9.03. The summed E-state index contributed by atoms with van der Waals surface area (Å²) < 4.78 is 5.11. The normalized spacial score (nSPS) is 16.3. The average Bonchev–Trinajstić information content (AvgIpc) is 2.76. The van der Waals surface area contributed by atoms with E-state index in [0.29, 0.717) is 23.7 Å². The topological polar surface area (TPSA) is 58.6 Å². The molecule has 1 saturated heterocycles. The number of nitrogens with zero attached hydrogens (tertiary/aromatic N) is 1. The van der Waals surface area contributed by atoms with Gasteiger partial charge in [0.05, 0.1) is 18.7 Å². The first-order chi connectivity index (χ1) is 10.9. The molecule has 1 aromatic heterocycles. The number of rotatable bonds is 5. The third kappa shape index (κ3) is 4.54. The molecule has 0 atom stereocenters. The van der Waals surface area contributed by atoms with Crippen molar-refractivity contribution in [3.63, 3.8) is 0 Å². The van der Waals surface area contributed by atoms with Crippen LogP contribution in [0.2, 0.25) is 0 Å². The van der Waals surface area contributed by atoms with Crippen LogP contribution >= 0.6 is 11.3 Å². The molecule has 0 aliphatic carbocycles. The quantitative estimate of drug-likeness (QED) is 0.838. The number of hydrogen-bond acceptors (Lipinski definition) is 5. The standard InChI is InChI=1S/C17H26N2O3S/c1-5-22-17(21)15-12(3)13(4)23-16(15)18-14(20)10-19-8-6-11(2)7-9-19/h11H,5-10H2,1-4H3,(H,18,20). The molecular formula is C17H26N2O3S. The van der Waals surface area contributed by atoms with Crippen LogP contribution in [0.4, 0.5) is 5.00 Å². The maximum atomic E-state index is 12.3. The maximum absolute atomic E-state index is 12.3. The number of aryl methyl sites for hydroxylation is 1.